The summed E-state index contributed by atoms with van der Waals surface area (Å²) in [7, 11) is 3.17. The maximum atomic E-state index is 13.5. The number of ether oxygens (including phenoxy) is 2. The van der Waals surface area contributed by atoms with Gasteiger partial charge in [0, 0.05) is 19.6 Å². The van der Waals surface area contributed by atoms with Crippen LogP contribution in [0.5, 0.6) is 11.5 Å². The highest BCUT2D eigenvalue weighted by molar-refractivity contribution is 6.35. The second kappa shape index (κ2) is 11.4. The molecule has 2 aliphatic heterocycles. The Balaban J connectivity index is 1.88. The first-order chi connectivity index (χ1) is 15.5. The molecule has 6 nitrogen and oxygen atoms in total. The molecule has 2 aliphatic rings. The van der Waals surface area contributed by atoms with E-state index in [4.69, 9.17) is 9.47 Å². The maximum absolute atomic E-state index is 13.5. The van der Waals surface area contributed by atoms with E-state index in [1.807, 2.05) is 6.07 Å². The zero-order valence-electron chi connectivity index (χ0n) is 20.1. The Morgan fingerprint density at radius 2 is 1.69 bits per heavy atom. The summed E-state index contributed by atoms with van der Waals surface area (Å²) in [5, 5.41) is 0. The Bertz CT molecular complexity index is 848. The third kappa shape index (κ3) is 5.28. The number of rotatable bonds is 11. The summed E-state index contributed by atoms with van der Waals surface area (Å²) in [4.78, 5) is 30.6. The summed E-state index contributed by atoms with van der Waals surface area (Å²) in [5.41, 5.74) is 1.76. The van der Waals surface area contributed by atoms with Crippen LogP contribution in [-0.2, 0) is 9.59 Å². The van der Waals surface area contributed by atoms with Crippen molar-refractivity contribution in [1.29, 1.82) is 0 Å². The van der Waals surface area contributed by atoms with Crippen LogP contribution in [0, 0.1) is 5.92 Å². The second-order valence-corrected chi connectivity index (χ2v) is 9.02. The first kappa shape index (κ1) is 24.1. The van der Waals surface area contributed by atoms with E-state index in [-0.39, 0.29) is 11.8 Å². The molecule has 0 spiro atoms. The van der Waals surface area contributed by atoms with Crippen LogP contribution in [0.25, 0.3) is 5.57 Å². The summed E-state index contributed by atoms with van der Waals surface area (Å²) in [6, 6.07) is 5.45. The zero-order chi connectivity index (χ0) is 23.1. The van der Waals surface area contributed by atoms with E-state index in [0.717, 1.165) is 45.2 Å². The summed E-state index contributed by atoms with van der Waals surface area (Å²) in [5.74, 6) is 1.31. The van der Waals surface area contributed by atoms with Gasteiger partial charge in [-0.05, 0) is 42.9 Å². The zero-order valence-corrected chi connectivity index (χ0v) is 20.1. The third-order valence-electron chi connectivity index (χ3n) is 6.52. The lowest BCUT2D eigenvalue weighted by Crippen LogP contribution is -2.39. The van der Waals surface area contributed by atoms with Gasteiger partial charge in [0.2, 0.25) is 0 Å². The number of unbranched alkanes of at least 4 members (excludes halogenated alkanes) is 5. The van der Waals surface area contributed by atoms with Gasteiger partial charge in [-0.15, -0.1) is 0 Å². The molecule has 0 bridgehead atoms. The lowest BCUT2D eigenvalue weighted by molar-refractivity contribution is -0.137. The van der Waals surface area contributed by atoms with Crippen LogP contribution < -0.4 is 9.47 Å². The Morgan fingerprint density at radius 3 is 2.38 bits per heavy atom. The highest BCUT2D eigenvalue weighted by Gasteiger charge is 2.42. The summed E-state index contributed by atoms with van der Waals surface area (Å²) >= 11 is 0. The number of hydrogen-bond acceptors (Lipinski definition) is 5. The molecule has 1 aromatic rings. The van der Waals surface area contributed by atoms with Crippen molar-refractivity contribution in [3.05, 3.63) is 29.5 Å². The molecule has 3 rings (SSSR count). The van der Waals surface area contributed by atoms with Gasteiger partial charge >= 0.3 is 0 Å². The number of imide groups is 1. The number of nitrogens with zero attached hydrogens (tertiary/aromatic N) is 2. The van der Waals surface area contributed by atoms with Gasteiger partial charge in [0.25, 0.3) is 11.8 Å². The highest BCUT2D eigenvalue weighted by atomic mass is 16.5. The number of likely N-dealkylation sites (tertiary alicyclic amines) is 1. The number of amides is 2. The molecule has 6 heteroatoms. The fourth-order valence-corrected chi connectivity index (χ4v) is 4.75. The Morgan fingerprint density at radius 1 is 0.969 bits per heavy atom. The molecule has 0 radical (unpaired) electrons. The number of benzene rings is 1. The molecule has 1 unspecified atom stereocenters. The molecule has 1 aromatic carbocycles. The molecule has 0 saturated carbocycles. The largest absolute Gasteiger partial charge is 0.493 e. The van der Waals surface area contributed by atoms with Gasteiger partial charge < -0.3 is 14.4 Å². The molecular formula is C26H38N2O4. The van der Waals surface area contributed by atoms with Crippen LogP contribution in [0.15, 0.2) is 23.9 Å². The van der Waals surface area contributed by atoms with Crippen molar-refractivity contribution < 1.29 is 19.1 Å². The minimum atomic E-state index is -0.191. The van der Waals surface area contributed by atoms with Crippen molar-refractivity contribution in [2.75, 3.05) is 33.9 Å². The standard InChI is InChI=1S/C26H38N2O4/c1-5-6-7-8-9-10-16-28-25(29)23(20-13-14-21(31-3)22(17-20)32-4)24(26(28)30)27-15-11-12-19(2)18-27/h13-14,17,19H,5-12,15-16,18H2,1-4H3. The number of piperidine rings is 1. The monoisotopic (exact) mass is 442 g/mol. The molecule has 0 N–H and O–H groups in total. The van der Waals surface area contributed by atoms with E-state index in [1.54, 1.807) is 26.4 Å². The maximum Gasteiger partial charge on any atom is 0.277 e. The predicted molar refractivity (Wildman–Crippen MR) is 127 cm³/mol. The second-order valence-electron chi connectivity index (χ2n) is 9.02. The fraction of sp³-hybridized carbons (Fsp3) is 0.615. The molecule has 0 aromatic heterocycles. The minimum absolute atomic E-state index is 0.151. The summed E-state index contributed by atoms with van der Waals surface area (Å²) in [6.45, 7) is 6.49. The van der Waals surface area contributed by atoms with Crippen LogP contribution in [0.4, 0.5) is 0 Å². The van der Waals surface area contributed by atoms with Gasteiger partial charge in [-0.2, -0.15) is 0 Å². The first-order valence-corrected chi connectivity index (χ1v) is 12.1. The number of methoxy groups -OCH3 is 2. The van der Waals surface area contributed by atoms with Crippen LogP contribution in [0.1, 0.15) is 70.8 Å². The van der Waals surface area contributed by atoms with Gasteiger partial charge in [0.05, 0.1) is 19.8 Å². The van der Waals surface area contributed by atoms with Crippen LogP contribution in [0.3, 0.4) is 0 Å². The van der Waals surface area contributed by atoms with Crippen molar-refractivity contribution in [1.82, 2.24) is 9.80 Å². The van der Waals surface area contributed by atoms with E-state index < -0.39 is 0 Å². The number of carbonyl (C=O) groups excluding carboxylic acids is 2. The number of hydrogen-bond donors (Lipinski definition) is 0. The predicted octanol–water partition coefficient (Wildman–Crippen LogP) is 4.88. The fourth-order valence-electron chi connectivity index (χ4n) is 4.75. The lowest BCUT2D eigenvalue weighted by Gasteiger charge is -2.33. The molecule has 176 valence electrons. The normalized spacial score (nSPS) is 19.2. The molecule has 32 heavy (non-hydrogen) atoms. The van der Waals surface area contributed by atoms with Gasteiger partial charge in [0.1, 0.15) is 5.70 Å². The van der Waals surface area contributed by atoms with E-state index in [1.165, 1.54) is 24.2 Å². The van der Waals surface area contributed by atoms with Gasteiger partial charge in [-0.25, -0.2) is 0 Å². The third-order valence-corrected chi connectivity index (χ3v) is 6.52. The van der Waals surface area contributed by atoms with Crippen molar-refractivity contribution in [3.63, 3.8) is 0 Å². The first-order valence-electron chi connectivity index (χ1n) is 12.1. The van der Waals surface area contributed by atoms with E-state index in [0.29, 0.717) is 40.8 Å². The van der Waals surface area contributed by atoms with Crippen molar-refractivity contribution in [3.8, 4) is 11.5 Å². The van der Waals surface area contributed by atoms with Gasteiger partial charge in [0.15, 0.2) is 11.5 Å². The molecular weight excluding hydrogens is 404 g/mol. The van der Waals surface area contributed by atoms with Gasteiger partial charge in [-0.1, -0.05) is 52.0 Å². The molecule has 0 aliphatic carbocycles. The lowest BCUT2D eigenvalue weighted by atomic mass is 9.97. The summed E-state index contributed by atoms with van der Waals surface area (Å²) in [6.07, 6.45) is 8.88. The molecule has 2 amide bonds. The van der Waals surface area contributed by atoms with Gasteiger partial charge in [-0.3, -0.25) is 14.5 Å². The average Bonchev–Trinajstić information content (AvgIpc) is 3.05. The molecule has 2 heterocycles. The molecule has 1 saturated heterocycles. The quantitative estimate of drug-likeness (QED) is 0.361. The number of carbonyl (C=O) groups is 2. The SMILES string of the molecule is CCCCCCCCN1C(=O)C(c2ccc(OC)c(OC)c2)=C(N2CCCC(C)C2)C1=O. The Hall–Kier alpha value is -2.50. The van der Waals surface area contributed by atoms with E-state index in [2.05, 4.69) is 18.7 Å². The van der Waals surface area contributed by atoms with Crippen molar-refractivity contribution in [2.45, 2.75) is 65.2 Å². The van der Waals surface area contributed by atoms with Crippen molar-refractivity contribution >= 4 is 17.4 Å². The molecule has 1 atom stereocenters. The van der Waals surface area contributed by atoms with E-state index >= 15 is 0 Å². The smallest absolute Gasteiger partial charge is 0.277 e. The average molecular weight is 443 g/mol. The summed E-state index contributed by atoms with van der Waals surface area (Å²) < 4.78 is 10.8. The topological polar surface area (TPSA) is 59.1 Å². The molecule has 1 fully saturated rings. The van der Waals surface area contributed by atoms with E-state index in [9.17, 15) is 9.59 Å². The van der Waals surface area contributed by atoms with Crippen molar-refractivity contribution in [2.24, 2.45) is 5.92 Å². The minimum Gasteiger partial charge on any atom is -0.493 e. The van der Waals surface area contributed by atoms with Crippen LogP contribution in [0.2, 0.25) is 0 Å². The van der Waals surface area contributed by atoms with Crippen LogP contribution in [-0.4, -0.2) is 55.5 Å². The Labute approximate surface area is 192 Å². The Kier molecular flexibility index (Phi) is 8.60. The van der Waals surface area contributed by atoms with Crippen LogP contribution >= 0.6 is 0 Å². The highest BCUT2D eigenvalue weighted by Crippen LogP contribution is 2.37.